The van der Waals surface area contributed by atoms with Crippen LogP contribution in [0.3, 0.4) is 0 Å². The van der Waals surface area contributed by atoms with Gasteiger partial charge in [-0.15, -0.1) is 0 Å². The van der Waals surface area contributed by atoms with Crippen LogP contribution in [0.25, 0.3) is 0 Å². The Morgan fingerprint density at radius 1 is 1.50 bits per heavy atom. The van der Waals surface area contributed by atoms with Crippen molar-refractivity contribution in [3.63, 3.8) is 0 Å². The average molecular weight is 235 g/mol. The first kappa shape index (κ1) is 11.3. The van der Waals surface area contributed by atoms with Crippen LogP contribution >= 0.6 is 11.8 Å². The van der Waals surface area contributed by atoms with E-state index in [1.54, 1.807) is 0 Å². The van der Waals surface area contributed by atoms with Gasteiger partial charge in [-0.25, -0.2) is 0 Å². The van der Waals surface area contributed by atoms with E-state index in [0.717, 1.165) is 11.3 Å². The highest BCUT2D eigenvalue weighted by Gasteiger charge is 2.22. The quantitative estimate of drug-likeness (QED) is 0.621. The molecular weight excluding hydrogens is 218 g/mol. The number of amidine groups is 1. The van der Waals surface area contributed by atoms with Gasteiger partial charge in [-0.2, -0.15) is 11.8 Å². The summed E-state index contributed by atoms with van der Waals surface area (Å²) in [5, 5.41) is 7.59. The number of anilines is 1. The van der Waals surface area contributed by atoms with Crippen molar-refractivity contribution in [3.05, 3.63) is 29.8 Å². The molecule has 0 amide bonds. The summed E-state index contributed by atoms with van der Waals surface area (Å²) < 4.78 is 0. The molecule has 0 saturated carbocycles. The molecule has 1 atom stereocenters. The molecule has 1 fully saturated rings. The zero-order valence-electron chi connectivity index (χ0n) is 9.44. The van der Waals surface area contributed by atoms with Crippen LogP contribution in [0.4, 0.5) is 5.69 Å². The Kier molecular flexibility index (Phi) is 3.39. The Hall–Kier alpha value is -1.16. The number of nitrogens with two attached hydrogens (primary N) is 1. The molecule has 0 spiro atoms. The number of benzene rings is 1. The molecule has 1 aliphatic heterocycles. The number of para-hydroxylation sites is 1. The van der Waals surface area contributed by atoms with Gasteiger partial charge in [0.2, 0.25) is 0 Å². The molecular formula is C12H17N3S. The Balaban J connectivity index is 2.27. The Morgan fingerprint density at radius 3 is 2.88 bits per heavy atom. The predicted octanol–water partition coefficient (Wildman–Crippen LogP) is 1.91. The summed E-state index contributed by atoms with van der Waals surface area (Å²) in [7, 11) is 2.10. The number of nitrogen functional groups attached to an aromatic ring is 1. The fourth-order valence-corrected chi connectivity index (χ4v) is 3.30. The molecule has 1 heterocycles. The summed E-state index contributed by atoms with van der Waals surface area (Å²) in [6.07, 6.45) is 1.22. The van der Waals surface area contributed by atoms with Crippen LogP contribution in [0.5, 0.6) is 0 Å². The van der Waals surface area contributed by atoms with Crippen molar-refractivity contribution in [2.45, 2.75) is 12.5 Å². The van der Waals surface area contributed by atoms with Crippen molar-refractivity contribution in [2.24, 2.45) is 5.73 Å². The summed E-state index contributed by atoms with van der Waals surface area (Å²) in [4.78, 5) is 2.26. The van der Waals surface area contributed by atoms with Crippen molar-refractivity contribution < 1.29 is 0 Å². The first-order chi connectivity index (χ1) is 7.70. The molecule has 0 bridgehead atoms. The third-order valence-electron chi connectivity index (χ3n) is 3.03. The van der Waals surface area contributed by atoms with Gasteiger partial charge >= 0.3 is 0 Å². The minimum Gasteiger partial charge on any atom is -0.384 e. The lowest BCUT2D eigenvalue weighted by Gasteiger charge is -2.27. The number of thioether (sulfide) groups is 1. The molecule has 1 aliphatic rings. The van der Waals surface area contributed by atoms with Gasteiger partial charge in [0.05, 0.1) is 0 Å². The van der Waals surface area contributed by atoms with Crippen molar-refractivity contribution in [1.82, 2.24) is 0 Å². The fourth-order valence-electron chi connectivity index (χ4n) is 2.03. The molecule has 3 nitrogen and oxygen atoms in total. The maximum atomic E-state index is 7.59. The van der Waals surface area contributed by atoms with Gasteiger partial charge in [-0.1, -0.05) is 12.1 Å². The number of hydrogen-bond acceptors (Lipinski definition) is 3. The Morgan fingerprint density at radius 2 is 2.25 bits per heavy atom. The minimum atomic E-state index is 0.146. The lowest BCUT2D eigenvalue weighted by molar-refractivity contribution is 0.699. The largest absolute Gasteiger partial charge is 0.384 e. The molecule has 3 N–H and O–H groups in total. The lowest BCUT2D eigenvalue weighted by Crippen LogP contribution is -2.33. The van der Waals surface area contributed by atoms with Gasteiger partial charge in [0, 0.05) is 30.1 Å². The van der Waals surface area contributed by atoms with E-state index in [-0.39, 0.29) is 5.84 Å². The monoisotopic (exact) mass is 235 g/mol. The van der Waals surface area contributed by atoms with Crippen LogP contribution in [0.2, 0.25) is 0 Å². The summed E-state index contributed by atoms with van der Waals surface area (Å²) in [5.41, 5.74) is 7.51. The molecule has 16 heavy (non-hydrogen) atoms. The third kappa shape index (κ3) is 2.16. The second-order valence-corrected chi connectivity index (χ2v) is 5.21. The van der Waals surface area contributed by atoms with E-state index in [9.17, 15) is 0 Å². The number of hydrogen-bond donors (Lipinski definition) is 2. The van der Waals surface area contributed by atoms with E-state index < -0.39 is 0 Å². The molecule has 0 aliphatic carbocycles. The first-order valence-corrected chi connectivity index (χ1v) is 6.59. The van der Waals surface area contributed by atoms with Crippen molar-refractivity contribution in [1.29, 1.82) is 5.41 Å². The molecule has 1 unspecified atom stereocenters. The van der Waals surface area contributed by atoms with E-state index in [1.807, 2.05) is 36.0 Å². The van der Waals surface area contributed by atoms with Crippen molar-refractivity contribution in [2.75, 3.05) is 23.5 Å². The number of rotatable bonds is 3. The van der Waals surface area contributed by atoms with Gasteiger partial charge in [0.25, 0.3) is 0 Å². The van der Waals surface area contributed by atoms with Gasteiger partial charge in [0.1, 0.15) is 5.84 Å². The van der Waals surface area contributed by atoms with Gasteiger partial charge in [0.15, 0.2) is 0 Å². The molecule has 4 heteroatoms. The highest BCUT2D eigenvalue weighted by atomic mass is 32.2. The van der Waals surface area contributed by atoms with E-state index in [0.29, 0.717) is 6.04 Å². The normalized spacial score (nSPS) is 19.7. The summed E-state index contributed by atoms with van der Waals surface area (Å²) in [5.74, 6) is 2.55. The van der Waals surface area contributed by atoms with Crippen molar-refractivity contribution >= 4 is 23.3 Å². The summed E-state index contributed by atoms with van der Waals surface area (Å²) in [6.45, 7) is 0. The smallest absolute Gasteiger partial charge is 0.124 e. The SMILES string of the molecule is CN(c1ccccc1C(=N)N)C1CCSC1. The minimum absolute atomic E-state index is 0.146. The highest BCUT2D eigenvalue weighted by molar-refractivity contribution is 7.99. The molecule has 1 aromatic carbocycles. The standard InChI is InChI=1S/C12H17N3S/c1-15(9-6-7-16-8-9)11-5-3-2-4-10(11)12(13)14/h2-5,9H,6-8H2,1H3,(H3,13,14). The third-order valence-corrected chi connectivity index (χ3v) is 4.17. The predicted molar refractivity (Wildman–Crippen MR) is 71.6 cm³/mol. The van der Waals surface area contributed by atoms with Crippen LogP contribution in [-0.4, -0.2) is 30.4 Å². The van der Waals surface area contributed by atoms with E-state index in [4.69, 9.17) is 11.1 Å². The number of nitrogens with zero attached hydrogens (tertiary/aromatic N) is 1. The first-order valence-electron chi connectivity index (χ1n) is 5.44. The van der Waals surface area contributed by atoms with E-state index >= 15 is 0 Å². The highest BCUT2D eigenvalue weighted by Crippen LogP contribution is 2.27. The van der Waals surface area contributed by atoms with Gasteiger partial charge in [-0.3, -0.25) is 5.41 Å². The average Bonchev–Trinajstić information content (AvgIpc) is 2.81. The van der Waals surface area contributed by atoms with E-state index in [2.05, 4.69) is 11.9 Å². The number of nitrogens with one attached hydrogen (secondary N) is 1. The van der Waals surface area contributed by atoms with Crippen LogP contribution in [0.1, 0.15) is 12.0 Å². The Labute approximate surface area is 101 Å². The molecule has 1 saturated heterocycles. The summed E-state index contributed by atoms with van der Waals surface area (Å²) >= 11 is 1.99. The molecule has 2 rings (SSSR count). The zero-order valence-corrected chi connectivity index (χ0v) is 10.3. The van der Waals surface area contributed by atoms with Gasteiger partial charge < -0.3 is 10.6 Å². The van der Waals surface area contributed by atoms with Gasteiger partial charge in [-0.05, 0) is 24.3 Å². The van der Waals surface area contributed by atoms with Crippen molar-refractivity contribution in [3.8, 4) is 0 Å². The lowest BCUT2D eigenvalue weighted by atomic mass is 10.1. The fraction of sp³-hybridized carbons (Fsp3) is 0.417. The maximum Gasteiger partial charge on any atom is 0.124 e. The second kappa shape index (κ2) is 4.78. The van der Waals surface area contributed by atoms with Crippen LogP contribution in [0.15, 0.2) is 24.3 Å². The molecule has 0 aromatic heterocycles. The maximum absolute atomic E-state index is 7.59. The van der Waals surface area contributed by atoms with Crippen LogP contribution in [0, 0.1) is 5.41 Å². The molecule has 1 aromatic rings. The zero-order chi connectivity index (χ0) is 11.5. The Bertz CT molecular complexity index is 386. The molecule has 86 valence electrons. The second-order valence-electron chi connectivity index (χ2n) is 4.06. The molecule has 0 radical (unpaired) electrons. The van der Waals surface area contributed by atoms with E-state index in [1.165, 1.54) is 17.9 Å². The summed E-state index contributed by atoms with van der Waals surface area (Å²) in [6, 6.07) is 8.46. The topological polar surface area (TPSA) is 53.1 Å². The van der Waals surface area contributed by atoms with Crippen LogP contribution in [-0.2, 0) is 0 Å². The van der Waals surface area contributed by atoms with Crippen LogP contribution < -0.4 is 10.6 Å².